The fraction of sp³-hybridized carbons (Fsp3) is 1.00. The highest BCUT2D eigenvalue weighted by atomic mass is 16.6. The first-order valence-corrected chi connectivity index (χ1v) is 6.37. The Kier molecular flexibility index (Phi) is 3.30. The molecule has 2 fully saturated rings. The fourth-order valence-electron chi connectivity index (χ4n) is 2.89. The van der Waals surface area contributed by atoms with Gasteiger partial charge in [-0.25, -0.2) is 0 Å². The number of nitrogens with zero attached hydrogens (tertiary/aromatic N) is 1. The Labute approximate surface area is 99.1 Å². The summed E-state index contributed by atoms with van der Waals surface area (Å²) in [5.41, 5.74) is 0.420. The van der Waals surface area contributed by atoms with Gasteiger partial charge < -0.3 is 9.47 Å². The van der Waals surface area contributed by atoms with E-state index in [0.29, 0.717) is 11.6 Å². The van der Waals surface area contributed by atoms with Crippen LogP contribution >= 0.6 is 0 Å². The molecule has 2 rings (SSSR count). The molecule has 0 radical (unpaired) electrons. The number of rotatable bonds is 1. The van der Waals surface area contributed by atoms with Crippen molar-refractivity contribution in [3.8, 4) is 0 Å². The molecule has 3 nitrogen and oxygen atoms in total. The number of likely N-dealkylation sites (tertiary alicyclic amines) is 1. The SMILES string of the molecule is COC1COC2(CCN(C(C)(C)C)CC2)C1. The van der Waals surface area contributed by atoms with Crippen molar-refractivity contribution in [1.82, 2.24) is 4.90 Å². The fourth-order valence-corrected chi connectivity index (χ4v) is 2.89. The van der Waals surface area contributed by atoms with E-state index in [-0.39, 0.29) is 5.60 Å². The first-order valence-electron chi connectivity index (χ1n) is 6.37. The molecule has 2 heterocycles. The van der Waals surface area contributed by atoms with Gasteiger partial charge in [-0.2, -0.15) is 0 Å². The second kappa shape index (κ2) is 4.28. The van der Waals surface area contributed by atoms with Crippen molar-refractivity contribution in [2.45, 2.75) is 57.3 Å². The van der Waals surface area contributed by atoms with Gasteiger partial charge in [0.15, 0.2) is 0 Å². The number of hydrogen-bond donors (Lipinski definition) is 0. The molecular weight excluding hydrogens is 202 g/mol. The summed E-state index contributed by atoms with van der Waals surface area (Å²) >= 11 is 0. The molecule has 1 spiro atoms. The quantitative estimate of drug-likeness (QED) is 0.684. The van der Waals surface area contributed by atoms with Crippen molar-refractivity contribution >= 4 is 0 Å². The summed E-state index contributed by atoms with van der Waals surface area (Å²) in [7, 11) is 1.79. The highest BCUT2D eigenvalue weighted by Crippen LogP contribution is 2.38. The average molecular weight is 227 g/mol. The topological polar surface area (TPSA) is 21.7 Å². The predicted molar refractivity (Wildman–Crippen MR) is 64.7 cm³/mol. The van der Waals surface area contributed by atoms with Gasteiger partial charge in [-0.1, -0.05) is 0 Å². The molecule has 0 aromatic heterocycles. The van der Waals surface area contributed by atoms with Crippen LogP contribution in [0.5, 0.6) is 0 Å². The van der Waals surface area contributed by atoms with Crippen molar-refractivity contribution < 1.29 is 9.47 Å². The highest BCUT2D eigenvalue weighted by Gasteiger charge is 2.44. The molecular formula is C13H25NO2. The van der Waals surface area contributed by atoms with Gasteiger partial charge in [0.1, 0.15) is 0 Å². The van der Waals surface area contributed by atoms with Crippen molar-refractivity contribution in [2.24, 2.45) is 0 Å². The number of piperidine rings is 1. The molecule has 0 bridgehead atoms. The van der Waals surface area contributed by atoms with Crippen LogP contribution in [0.15, 0.2) is 0 Å². The average Bonchev–Trinajstić information content (AvgIpc) is 2.61. The number of methoxy groups -OCH3 is 1. The summed E-state index contributed by atoms with van der Waals surface area (Å²) in [6.45, 7) is 9.96. The van der Waals surface area contributed by atoms with Crippen LogP contribution in [0.25, 0.3) is 0 Å². The second-order valence-electron chi connectivity index (χ2n) is 6.21. The zero-order valence-electron chi connectivity index (χ0n) is 11.1. The minimum atomic E-state index is 0.127. The third-order valence-electron chi connectivity index (χ3n) is 4.13. The Morgan fingerprint density at radius 2 is 1.88 bits per heavy atom. The lowest BCUT2D eigenvalue weighted by atomic mass is 9.86. The van der Waals surface area contributed by atoms with E-state index in [9.17, 15) is 0 Å². The van der Waals surface area contributed by atoms with E-state index in [4.69, 9.17) is 9.47 Å². The lowest BCUT2D eigenvalue weighted by Gasteiger charge is -2.44. The van der Waals surface area contributed by atoms with Crippen LogP contribution in [0.1, 0.15) is 40.0 Å². The van der Waals surface area contributed by atoms with Gasteiger partial charge in [-0.3, -0.25) is 4.90 Å². The standard InChI is InChI=1S/C13H25NO2/c1-12(2,3)14-7-5-13(6-8-14)9-11(15-4)10-16-13/h11H,5-10H2,1-4H3. The molecule has 0 aliphatic carbocycles. The summed E-state index contributed by atoms with van der Waals surface area (Å²) < 4.78 is 11.4. The smallest absolute Gasteiger partial charge is 0.0832 e. The van der Waals surface area contributed by atoms with Crippen LogP contribution in [0.4, 0.5) is 0 Å². The molecule has 3 heteroatoms. The Morgan fingerprint density at radius 1 is 1.25 bits per heavy atom. The Balaban J connectivity index is 1.90. The van der Waals surface area contributed by atoms with Gasteiger partial charge in [0.25, 0.3) is 0 Å². The van der Waals surface area contributed by atoms with Crippen molar-refractivity contribution in [3.63, 3.8) is 0 Å². The van der Waals surface area contributed by atoms with Crippen LogP contribution in [0, 0.1) is 0 Å². The largest absolute Gasteiger partial charge is 0.379 e. The first-order chi connectivity index (χ1) is 7.45. The third-order valence-corrected chi connectivity index (χ3v) is 4.13. The molecule has 0 aromatic rings. The van der Waals surface area contributed by atoms with Gasteiger partial charge in [0.2, 0.25) is 0 Å². The van der Waals surface area contributed by atoms with E-state index in [0.717, 1.165) is 39.0 Å². The second-order valence-corrected chi connectivity index (χ2v) is 6.21. The summed E-state index contributed by atoms with van der Waals surface area (Å²) in [6.07, 6.45) is 3.72. The van der Waals surface area contributed by atoms with Crippen LogP contribution < -0.4 is 0 Å². The highest BCUT2D eigenvalue weighted by molar-refractivity contribution is 4.96. The molecule has 94 valence electrons. The van der Waals surface area contributed by atoms with Crippen LogP contribution in [-0.2, 0) is 9.47 Å². The molecule has 0 amide bonds. The summed E-state index contributed by atoms with van der Waals surface area (Å²) in [4.78, 5) is 2.56. The molecule has 0 saturated carbocycles. The molecule has 16 heavy (non-hydrogen) atoms. The van der Waals surface area contributed by atoms with Gasteiger partial charge in [-0.05, 0) is 33.6 Å². The number of ether oxygens (including phenoxy) is 2. The minimum Gasteiger partial charge on any atom is -0.379 e. The van der Waals surface area contributed by atoms with Gasteiger partial charge in [0.05, 0.1) is 18.3 Å². The monoisotopic (exact) mass is 227 g/mol. The molecule has 2 aliphatic rings. The van der Waals surface area contributed by atoms with Gasteiger partial charge >= 0.3 is 0 Å². The Bertz CT molecular complexity index is 239. The molecule has 0 N–H and O–H groups in total. The predicted octanol–water partition coefficient (Wildman–Crippen LogP) is 2.05. The van der Waals surface area contributed by atoms with E-state index in [1.54, 1.807) is 7.11 Å². The lowest BCUT2D eigenvalue weighted by molar-refractivity contribution is -0.0596. The normalized spacial score (nSPS) is 31.1. The van der Waals surface area contributed by atoms with E-state index in [1.165, 1.54) is 0 Å². The van der Waals surface area contributed by atoms with Crippen LogP contribution in [0.2, 0.25) is 0 Å². The van der Waals surface area contributed by atoms with Crippen LogP contribution in [0.3, 0.4) is 0 Å². The van der Waals surface area contributed by atoms with E-state index in [1.807, 2.05) is 0 Å². The summed E-state index contributed by atoms with van der Waals surface area (Å²) in [6, 6.07) is 0. The Hall–Kier alpha value is -0.120. The summed E-state index contributed by atoms with van der Waals surface area (Å²) in [5, 5.41) is 0. The van der Waals surface area contributed by atoms with Gasteiger partial charge in [0, 0.05) is 32.2 Å². The first kappa shape index (κ1) is 12.3. The third kappa shape index (κ3) is 2.41. The van der Waals surface area contributed by atoms with E-state index in [2.05, 4.69) is 25.7 Å². The zero-order valence-corrected chi connectivity index (χ0v) is 11.1. The lowest BCUT2D eigenvalue weighted by Crippen LogP contribution is -2.51. The molecule has 0 aromatic carbocycles. The zero-order chi connectivity index (χ0) is 11.8. The van der Waals surface area contributed by atoms with Crippen molar-refractivity contribution in [2.75, 3.05) is 26.8 Å². The van der Waals surface area contributed by atoms with E-state index < -0.39 is 0 Å². The molecule has 2 saturated heterocycles. The molecule has 2 aliphatic heterocycles. The Morgan fingerprint density at radius 3 is 2.31 bits per heavy atom. The van der Waals surface area contributed by atoms with Crippen molar-refractivity contribution in [1.29, 1.82) is 0 Å². The molecule has 1 atom stereocenters. The number of hydrogen-bond acceptors (Lipinski definition) is 3. The maximum Gasteiger partial charge on any atom is 0.0832 e. The van der Waals surface area contributed by atoms with Gasteiger partial charge in [-0.15, -0.1) is 0 Å². The van der Waals surface area contributed by atoms with Crippen molar-refractivity contribution in [3.05, 3.63) is 0 Å². The summed E-state index contributed by atoms with van der Waals surface area (Å²) in [5.74, 6) is 0. The van der Waals surface area contributed by atoms with E-state index >= 15 is 0 Å². The van der Waals surface area contributed by atoms with Crippen LogP contribution in [-0.4, -0.2) is 49.0 Å². The molecule has 1 unspecified atom stereocenters. The maximum absolute atomic E-state index is 5.99. The maximum atomic E-state index is 5.99. The minimum absolute atomic E-state index is 0.127.